The van der Waals surface area contributed by atoms with Crippen LogP contribution in [0.2, 0.25) is 0 Å². The van der Waals surface area contributed by atoms with Gasteiger partial charge in [-0.3, -0.25) is 4.79 Å². The minimum Gasteiger partial charge on any atom is -0.368 e. The molecule has 0 atom stereocenters. The van der Waals surface area contributed by atoms with Gasteiger partial charge in [-0.2, -0.15) is 4.98 Å². The van der Waals surface area contributed by atoms with Crippen LogP contribution in [0.3, 0.4) is 0 Å². The number of halogens is 1. The molecule has 0 bridgehead atoms. The lowest BCUT2D eigenvalue weighted by atomic mass is 9.92. The number of carbonyl (C=O) groups excluding carboxylic acids is 1. The van der Waals surface area contributed by atoms with Gasteiger partial charge in [0, 0.05) is 56.6 Å². The van der Waals surface area contributed by atoms with Crippen molar-refractivity contribution < 1.29 is 9.18 Å². The van der Waals surface area contributed by atoms with Crippen molar-refractivity contribution in [1.82, 2.24) is 14.9 Å². The second-order valence-corrected chi connectivity index (χ2v) is 8.31. The molecule has 4 N–H and O–H groups in total. The zero-order valence-electron chi connectivity index (χ0n) is 17.9. The molecule has 9 heteroatoms. The number of amides is 1. The summed E-state index contributed by atoms with van der Waals surface area (Å²) in [4.78, 5) is 24.0. The van der Waals surface area contributed by atoms with Crippen molar-refractivity contribution in [2.45, 2.75) is 44.7 Å². The largest absolute Gasteiger partial charge is 0.368 e. The highest BCUT2D eigenvalue weighted by Crippen LogP contribution is 2.24. The van der Waals surface area contributed by atoms with Gasteiger partial charge in [-0.25, -0.2) is 9.37 Å². The van der Waals surface area contributed by atoms with E-state index in [0.717, 1.165) is 63.2 Å². The maximum atomic E-state index is 14.2. The molecule has 2 fully saturated rings. The lowest BCUT2D eigenvalue weighted by molar-refractivity contribution is -0.129. The topological polar surface area (TPSA) is 99.4 Å². The highest BCUT2D eigenvalue weighted by molar-refractivity contribution is 5.73. The van der Waals surface area contributed by atoms with Gasteiger partial charge in [0.15, 0.2) is 11.6 Å². The predicted molar refractivity (Wildman–Crippen MR) is 120 cm³/mol. The first-order valence-corrected chi connectivity index (χ1v) is 10.9. The first kappa shape index (κ1) is 21.3. The number of nitrogens with one attached hydrogen (secondary N) is 2. The third kappa shape index (κ3) is 5.41. The Balaban J connectivity index is 1.36. The molecular formula is C22H30FN7O. The van der Waals surface area contributed by atoms with E-state index < -0.39 is 5.82 Å². The molecule has 2 aliphatic rings. The van der Waals surface area contributed by atoms with Crippen molar-refractivity contribution in [3.8, 4) is 0 Å². The Bertz CT molecular complexity index is 891. The number of nitrogens with zero attached hydrogens (tertiary/aromatic N) is 4. The smallest absolute Gasteiger partial charge is 0.229 e. The predicted octanol–water partition coefficient (Wildman–Crippen LogP) is 2.71. The van der Waals surface area contributed by atoms with Crippen LogP contribution in [0.4, 0.5) is 27.5 Å². The van der Waals surface area contributed by atoms with E-state index in [-0.39, 0.29) is 23.8 Å². The first-order chi connectivity index (χ1) is 15.0. The van der Waals surface area contributed by atoms with E-state index in [0.29, 0.717) is 5.95 Å². The van der Waals surface area contributed by atoms with Crippen LogP contribution in [0.5, 0.6) is 0 Å². The summed E-state index contributed by atoms with van der Waals surface area (Å²) in [6, 6.07) is 8.38. The quantitative estimate of drug-likeness (QED) is 0.675. The zero-order valence-corrected chi connectivity index (χ0v) is 17.9. The average molecular weight is 428 g/mol. The van der Waals surface area contributed by atoms with Crippen LogP contribution >= 0.6 is 0 Å². The Hall–Kier alpha value is -2.94. The zero-order chi connectivity index (χ0) is 21.8. The molecule has 31 heavy (non-hydrogen) atoms. The minimum absolute atomic E-state index is 0.124. The Morgan fingerprint density at radius 3 is 2.42 bits per heavy atom. The van der Waals surface area contributed by atoms with Gasteiger partial charge in [0.1, 0.15) is 0 Å². The molecule has 166 valence electrons. The summed E-state index contributed by atoms with van der Waals surface area (Å²) in [7, 11) is 0. The third-order valence-electron chi connectivity index (χ3n) is 6.07. The number of piperazine rings is 1. The lowest BCUT2D eigenvalue weighted by Gasteiger charge is -2.35. The summed E-state index contributed by atoms with van der Waals surface area (Å²) < 4.78 is 14.2. The molecule has 1 saturated heterocycles. The van der Waals surface area contributed by atoms with Crippen molar-refractivity contribution in [2.75, 3.05) is 41.7 Å². The van der Waals surface area contributed by atoms with E-state index >= 15 is 0 Å². The summed E-state index contributed by atoms with van der Waals surface area (Å²) in [6.45, 7) is 4.71. The number of carbonyl (C=O) groups is 1. The van der Waals surface area contributed by atoms with Crippen LogP contribution in [-0.2, 0) is 4.79 Å². The van der Waals surface area contributed by atoms with Crippen LogP contribution in [0.1, 0.15) is 32.6 Å². The maximum absolute atomic E-state index is 14.2. The van der Waals surface area contributed by atoms with Gasteiger partial charge in [-0.05, 0) is 49.9 Å². The molecular weight excluding hydrogens is 397 g/mol. The number of benzene rings is 1. The second kappa shape index (κ2) is 9.47. The summed E-state index contributed by atoms with van der Waals surface area (Å²) in [5.74, 6) is 0.233. The van der Waals surface area contributed by atoms with E-state index in [1.165, 1.54) is 6.20 Å². The molecule has 8 nitrogen and oxygen atoms in total. The van der Waals surface area contributed by atoms with Gasteiger partial charge in [-0.1, -0.05) is 0 Å². The molecule has 1 saturated carbocycles. The van der Waals surface area contributed by atoms with E-state index in [9.17, 15) is 9.18 Å². The molecule has 1 aliphatic carbocycles. The number of anilines is 4. The Morgan fingerprint density at radius 1 is 1.10 bits per heavy atom. The standard InChI is InChI=1S/C22H30FN7O/c1-15(31)29-10-12-30(13-11-29)19-8-6-18(7-9-19)27-22-25-14-20(23)21(28-22)26-17-4-2-16(24)3-5-17/h6-9,14,16-17H,2-5,10-13,24H2,1H3,(H2,25,26,27,28)/t16-,17+. The summed E-state index contributed by atoms with van der Waals surface area (Å²) in [6.07, 6.45) is 4.89. The van der Waals surface area contributed by atoms with Crippen LogP contribution in [-0.4, -0.2) is 59.0 Å². The molecule has 1 amide bonds. The SMILES string of the molecule is CC(=O)N1CCN(c2ccc(Nc3ncc(F)c(N[C@H]4CC[C@@H](N)CC4)n3)cc2)CC1. The van der Waals surface area contributed by atoms with Gasteiger partial charge in [0.05, 0.1) is 6.20 Å². The van der Waals surface area contributed by atoms with Crippen molar-refractivity contribution in [3.05, 3.63) is 36.3 Å². The minimum atomic E-state index is -0.458. The van der Waals surface area contributed by atoms with Crippen molar-refractivity contribution in [3.63, 3.8) is 0 Å². The summed E-state index contributed by atoms with van der Waals surface area (Å²) >= 11 is 0. The van der Waals surface area contributed by atoms with E-state index in [2.05, 4.69) is 25.5 Å². The van der Waals surface area contributed by atoms with Crippen LogP contribution in [0.15, 0.2) is 30.5 Å². The van der Waals surface area contributed by atoms with Crippen LogP contribution < -0.4 is 21.3 Å². The van der Waals surface area contributed by atoms with Crippen molar-refractivity contribution in [2.24, 2.45) is 5.73 Å². The average Bonchev–Trinajstić information content (AvgIpc) is 2.78. The Morgan fingerprint density at radius 2 is 1.77 bits per heavy atom. The summed E-state index contributed by atoms with van der Waals surface area (Å²) in [5.41, 5.74) is 7.88. The van der Waals surface area contributed by atoms with E-state index in [1.54, 1.807) is 6.92 Å². The monoisotopic (exact) mass is 427 g/mol. The fraction of sp³-hybridized carbons (Fsp3) is 0.500. The van der Waals surface area contributed by atoms with Crippen LogP contribution in [0.25, 0.3) is 0 Å². The number of hydrogen-bond donors (Lipinski definition) is 3. The Kier molecular flexibility index (Phi) is 6.50. The van der Waals surface area contributed by atoms with E-state index in [4.69, 9.17) is 5.73 Å². The molecule has 0 radical (unpaired) electrons. The van der Waals surface area contributed by atoms with Gasteiger partial charge in [-0.15, -0.1) is 0 Å². The number of rotatable bonds is 5. The molecule has 0 unspecified atom stereocenters. The third-order valence-corrected chi connectivity index (χ3v) is 6.07. The molecule has 1 aliphatic heterocycles. The lowest BCUT2D eigenvalue weighted by Crippen LogP contribution is -2.48. The molecule has 4 rings (SSSR count). The molecule has 2 aromatic rings. The van der Waals surface area contributed by atoms with Crippen LogP contribution in [0, 0.1) is 5.82 Å². The normalized spacial score (nSPS) is 21.6. The number of aromatic nitrogens is 2. The molecule has 2 heterocycles. The fourth-order valence-corrected chi connectivity index (χ4v) is 4.15. The first-order valence-electron chi connectivity index (χ1n) is 10.9. The van der Waals surface area contributed by atoms with Gasteiger partial charge < -0.3 is 26.2 Å². The Labute approximate surface area is 182 Å². The maximum Gasteiger partial charge on any atom is 0.229 e. The van der Waals surface area contributed by atoms with Crippen molar-refractivity contribution >= 4 is 29.0 Å². The van der Waals surface area contributed by atoms with Gasteiger partial charge >= 0.3 is 0 Å². The molecule has 0 spiro atoms. The van der Waals surface area contributed by atoms with E-state index in [1.807, 2.05) is 29.2 Å². The van der Waals surface area contributed by atoms with Crippen molar-refractivity contribution in [1.29, 1.82) is 0 Å². The highest BCUT2D eigenvalue weighted by Gasteiger charge is 2.21. The molecule has 1 aromatic heterocycles. The molecule has 1 aromatic carbocycles. The fourth-order valence-electron chi connectivity index (χ4n) is 4.15. The highest BCUT2D eigenvalue weighted by atomic mass is 19.1. The van der Waals surface area contributed by atoms with Gasteiger partial charge in [0.25, 0.3) is 0 Å². The number of hydrogen-bond acceptors (Lipinski definition) is 7. The second-order valence-electron chi connectivity index (χ2n) is 8.31. The summed E-state index contributed by atoms with van der Waals surface area (Å²) in [5, 5.41) is 6.35. The number of nitrogens with two attached hydrogens (primary N) is 1. The van der Waals surface area contributed by atoms with Gasteiger partial charge in [0.2, 0.25) is 11.9 Å².